The SMILES string of the molecule is OCCC[n+]1ccc(/C=C/c2cccc3ccccc23)cc1.[Br-]. The summed E-state index contributed by atoms with van der Waals surface area (Å²) in [4.78, 5) is 0. The molecule has 0 saturated carbocycles. The molecule has 0 aliphatic carbocycles. The average molecular weight is 370 g/mol. The first-order chi connectivity index (χ1) is 10.9. The van der Waals surface area contributed by atoms with Gasteiger partial charge in [0.05, 0.1) is 0 Å². The van der Waals surface area contributed by atoms with Gasteiger partial charge in [0.15, 0.2) is 18.9 Å². The predicted octanol–water partition coefficient (Wildman–Crippen LogP) is 0.684. The second-order valence-corrected chi connectivity index (χ2v) is 5.35. The van der Waals surface area contributed by atoms with Crippen molar-refractivity contribution in [2.75, 3.05) is 6.61 Å². The van der Waals surface area contributed by atoms with Crippen LogP contribution >= 0.6 is 0 Å². The molecule has 2 aromatic carbocycles. The molecule has 1 heterocycles. The number of benzene rings is 2. The first-order valence-electron chi connectivity index (χ1n) is 7.62. The summed E-state index contributed by atoms with van der Waals surface area (Å²) in [5.74, 6) is 0. The van der Waals surface area contributed by atoms with E-state index in [1.165, 1.54) is 21.9 Å². The summed E-state index contributed by atoms with van der Waals surface area (Å²) in [5.41, 5.74) is 2.41. The lowest BCUT2D eigenvalue weighted by Gasteiger charge is -2.01. The quantitative estimate of drug-likeness (QED) is 0.657. The predicted molar refractivity (Wildman–Crippen MR) is 91.2 cm³/mol. The lowest BCUT2D eigenvalue weighted by atomic mass is 10.0. The molecule has 0 aliphatic rings. The van der Waals surface area contributed by atoms with Gasteiger partial charge in [0.2, 0.25) is 0 Å². The third kappa shape index (κ3) is 4.50. The maximum atomic E-state index is 8.85. The highest BCUT2D eigenvalue weighted by molar-refractivity contribution is 5.92. The smallest absolute Gasteiger partial charge is 0.169 e. The minimum atomic E-state index is 0. The van der Waals surface area contributed by atoms with Crippen molar-refractivity contribution in [2.45, 2.75) is 13.0 Å². The van der Waals surface area contributed by atoms with Crippen LogP contribution in [0, 0.1) is 0 Å². The summed E-state index contributed by atoms with van der Waals surface area (Å²) in [6.45, 7) is 1.08. The van der Waals surface area contributed by atoms with Crippen molar-refractivity contribution in [3.05, 3.63) is 78.1 Å². The fraction of sp³-hybridized carbons (Fsp3) is 0.150. The minimum Gasteiger partial charge on any atom is -1.00 e. The lowest BCUT2D eigenvalue weighted by Crippen LogP contribution is -3.00. The van der Waals surface area contributed by atoms with Crippen molar-refractivity contribution in [2.24, 2.45) is 0 Å². The van der Waals surface area contributed by atoms with Crippen LogP contribution in [-0.2, 0) is 6.54 Å². The Kier molecular flexibility index (Phi) is 6.51. The molecule has 0 radical (unpaired) electrons. The summed E-state index contributed by atoms with van der Waals surface area (Å²) in [6, 6.07) is 19.0. The molecule has 0 spiro atoms. The fourth-order valence-corrected chi connectivity index (χ4v) is 2.56. The largest absolute Gasteiger partial charge is 1.00 e. The third-order valence-electron chi connectivity index (χ3n) is 3.77. The third-order valence-corrected chi connectivity index (χ3v) is 3.77. The van der Waals surface area contributed by atoms with Gasteiger partial charge >= 0.3 is 0 Å². The molecule has 1 N–H and O–H groups in total. The molecule has 3 aromatic rings. The Morgan fingerprint density at radius 3 is 2.39 bits per heavy atom. The van der Waals surface area contributed by atoms with Crippen LogP contribution in [0.2, 0.25) is 0 Å². The number of rotatable bonds is 5. The van der Waals surface area contributed by atoms with E-state index in [2.05, 4.69) is 83.7 Å². The molecular weight excluding hydrogens is 350 g/mol. The van der Waals surface area contributed by atoms with Crippen molar-refractivity contribution < 1.29 is 26.7 Å². The highest BCUT2D eigenvalue weighted by Crippen LogP contribution is 2.20. The number of aliphatic hydroxyl groups is 1. The van der Waals surface area contributed by atoms with Crippen LogP contribution in [0.25, 0.3) is 22.9 Å². The number of aliphatic hydroxyl groups excluding tert-OH is 1. The number of hydrogen-bond acceptors (Lipinski definition) is 1. The van der Waals surface area contributed by atoms with E-state index in [-0.39, 0.29) is 23.6 Å². The van der Waals surface area contributed by atoms with Crippen molar-refractivity contribution in [1.29, 1.82) is 0 Å². The Morgan fingerprint density at radius 1 is 0.870 bits per heavy atom. The van der Waals surface area contributed by atoms with Gasteiger partial charge in [-0.25, -0.2) is 4.57 Å². The van der Waals surface area contributed by atoms with Gasteiger partial charge in [-0.15, -0.1) is 0 Å². The van der Waals surface area contributed by atoms with Crippen LogP contribution < -0.4 is 21.5 Å². The maximum Gasteiger partial charge on any atom is 0.169 e. The van der Waals surface area contributed by atoms with E-state index in [1.54, 1.807) is 0 Å². The molecule has 0 unspecified atom stereocenters. The zero-order valence-corrected chi connectivity index (χ0v) is 14.5. The monoisotopic (exact) mass is 369 g/mol. The van der Waals surface area contributed by atoms with E-state index in [0.29, 0.717) is 0 Å². The molecule has 3 heteroatoms. The zero-order chi connectivity index (χ0) is 15.2. The van der Waals surface area contributed by atoms with E-state index < -0.39 is 0 Å². The molecule has 118 valence electrons. The van der Waals surface area contributed by atoms with E-state index in [9.17, 15) is 0 Å². The fourth-order valence-electron chi connectivity index (χ4n) is 2.56. The summed E-state index contributed by atoms with van der Waals surface area (Å²) in [5, 5.41) is 11.4. The minimum absolute atomic E-state index is 0. The molecule has 0 aliphatic heterocycles. The molecule has 0 saturated heterocycles. The van der Waals surface area contributed by atoms with Gasteiger partial charge in [-0.3, -0.25) is 0 Å². The maximum absolute atomic E-state index is 8.85. The standard InChI is InChI=1S/C20H20NO.BrH/c22-16-4-13-21-14-11-17(12-15-21)9-10-19-7-3-6-18-5-1-2-8-20(18)19;/h1-3,5-12,14-15,22H,4,13,16H2;1H/q+1;/p-1/b10-9+;. The normalized spacial score (nSPS) is 10.8. The van der Waals surface area contributed by atoms with Crippen LogP contribution in [0.3, 0.4) is 0 Å². The van der Waals surface area contributed by atoms with Crippen LogP contribution in [-0.4, -0.2) is 11.7 Å². The van der Waals surface area contributed by atoms with Gasteiger partial charge in [-0.1, -0.05) is 54.6 Å². The van der Waals surface area contributed by atoms with Gasteiger partial charge in [-0.05, 0) is 21.9 Å². The summed E-state index contributed by atoms with van der Waals surface area (Å²) >= 11 is 0. The summed E-state index contributed by atoms with van der Waals surface area (Å²) in [7, 11) is 0. The number of aromatic nitrogens is 1. The van der Waals surface area contributed by atoms with Crippen LogP contribution in [0.4, 0.5) is 0 Å². The Hall–Kier alpha value is -1.97. The van der Waals surface area contributed by atoms with Crippen molar-refractivity contribution >= 4 is 22.9 Å². The number of nitrogens with zero attached hydrogens (tertiary/aromatic N) is 1. The highest BCUT2D eigenvalue weighted by Gasteiger charge is 1.99. The van der Waals surface area contributed by atoms with Gasteiger partial charge in [-0.2, -0.15) is 0 Å². The Labute approximate surface area is 147 Å². The number of pyridine rings is 1. The van der Waals surface area contributed by atoms with Crippen LogP contribution in [0.1, 0.15) is 17.5 Å². The van der Waals surface area contributed by atoms with Crippen LogP contribution in [0.5, 0.6) is 0 Å². The van der Waals surface area contributed by atoms with Crippen molar-refractivity contribution in [3.63, 3.8) is 0 Å². The molecule has 0 bridgehead atoms. The second kappa shape index (κ2) is 8.61. The Morgan fingerprint density at radius 2 is 1.61 bits per heavy atom. The van der Waals surface area contributed by atoms with Gasteiger partial charge in [0, 0.05) is 25.2 Å². The molecule has 23 heavy (non-hydrogen) atoms. The highest BCUT2D eigenvalue weighted by atomic mass is 79.9. The van der Waals surface area contributed by atoms with Crippen LogP contribution in [0.15, 0.2) is 67.0 Å². The number of fused-ring (bicyclic) bond motifs is 1. The Balaban J connectivity index is 0.00000192. The van der Waals surface area contributed by atoms with Gasteiger partial charge < -0.3 is 22.1 Å². The first-order valence-corrected chi connectivity index (χ1v) is 7.62. The van der Waals surface area contributed by atoms with Gasteiger partial charge in [0.25, 0.3) is 0 Å². The van der Waals surface area contributed by atoms with Crippen molar-refractivity contribution in [1.82, 2.24) is 0 Å². The van der Waals surface area contributed by atoms with Crippen molar-refractivity contribution in [3.8, 4) is 0 Å². The van der Waals surface area contributed by atoms with Gasteiger partial charge in [0.1, 0.15) is 0 Å². The average Bonchev–Trinajstić information content (AvgIpc) is 2.59. The molecule has 1 aromatic heterocycles. The lowest BCUT2D eigenvalue weighted by molar-refractivity contribution is -0.697. The first kappa shape index (κ1) is 17.4. The number of hydrogen-bond donors (Lipinski definition) is 1. The molecular formula is C20H20BrNO. The topological polar surface area (TPSA) is 24.1 Å². The molecule has 2 nitrogen and oxygen atoms in total. The zero-order valence-electron chi connectivity index (χ0n) is 12.9. The van der Waals surface area contributed by atoms with E-state index in [0.717, 1.165) is 13.0 Å². The number of halogens is 1. The number of aryl methyl sites for hydroxylation is 1. The summed E-state index contributed by atoms with van der Waals surface area (Å²) in [6.07, 6.45) is 9.20. The molecule has 0 atom stereocenters. The van der Waals surface area contributed by atoms with E-state index in [4.69, 9.17) is 5.11 Å². The molecule has 3 rings (SSSR count). The van der Waals surface area contributed by atoms with E-state index >= 15 is 0 Å². The second-order valence-electron chi connectivity index (χ2n) is 5.35. The van der Waals surface area contributed by atoms with E-state index in [1.807, 2.05) is 0 Å². The summed E-state index contributed by atoms with van der Waals surface area (Å²) < 4.78 is 2.09. The molecule has 0 amide bonds. The Bertz CT molecular complexity index is 776. The molecule has 0 fully saturated rings.